The number of fused-ring (bicyclic) bond motifs is 1. The van der Waals surface area contributed by atoms with Crippen LogP contribution in [0.1, 0.15) is 54.3 Å². The van der Waals surface area contributed by atoms with Crippen molar-refractivity contribution < 1.29 is 18.0 Å². The second-order valence-electron chi connectivity index (χ2n) is 8.32. The molecule has 1 aliphatic heterocycles. The predicted octanol–water partition coefficient (Wildman–Crippen LogP) is 3.87. The topological polar surface area (TPSA) is 68.3 Å². The minimum absolute atomic E-state index is 0.0488. The summed E-state index contributed by atoms with van der Waals surface area (Å²) in [6.45, 7) is 8.22. The summed E-state index contributed by atoms with van der Waals surface area (Å²) in [6, 6.07) is 4.14. The van der Waals surface area contributed by atoms with Crippen molar-refractivity contribution in [3.63, 3.8) is 0 Å². The van der Waals surface area contributed by atoms with Gasteiger partial charge in [-0.3, -0.25) is 9.48 Å². The second kappa shape index (κ2) is 7.65. The molecular formula is C21H25F3N6O. The molecule has 3 aromatic heterocycles. The fraction of sp³-hybridized carbons (Fsp3) is 0.524. The number of carbonyl (C=O) groups is 1. The maximum atomic E-state index is 13.5. The molecule has 2 unspecified atom stereocenters. The van der Waals surface area contributed by atoms with Gasteiger partial charge >= 0.3 is 6.18 Å². The van der Waals surface area contributed by atoms with Crippen LogP contribution in [0.5, 0.6) is 0 Å². The summed E-state index contributed by atoms with van der Waals surface area (Å²) < 4.78 is 43.1. The van der Waals surface area contributed by atoms with Gasteiger partial charge in [0.1, 0.15) is 5.69 Å². The fourth-order valence-corrected chi connectivity index (χ4v) is 4.30. The number of aryl methyl sites for hydroxylation is 3. The molecule has 4 rings (SSSR count). The third-order valence-electron chi connectivity index (χ3n) is 5.71. The monoisotopic (exact) mass is 434 g/mol. The standard InChI is InChI=1S/C21H25F3N6O/c1-12(11-29-15(4)8-14(3)26-29)20(31)28-7-5-6-17(28)16-10-19-25-13(2)9-18(21(22,23)24)30(19)27-16/h8-10,12,17H,5-7,11H2,1-4H3. The van der Waals surface area contributed by atoms with Gasteiger partial charge in [-0.15, -0.1) is 0 Å². The molecule has 31 heavy (non-hydrogen) atoms. The zero-order valence-electron chi connectivity index (χ0n) is 17.9. The molecule has 7 nitrogen and oxygen atoms in total. The van der Waals surface area contributed by atoms with Gasteiger partial charge in [0, 0.05) is 24.0 Å². The SMILES string of the molecule is Cc1cc(C(F)(F)F)n2nc(C3CCCN3C(=O)C(C)Cn3nc(C)cc3C)cc2n1. The second-order valence-corrected chi connectivity index (χ2v) is 8.32. The lowest BCUT2D eigenvalue weighted by molar-refractivity contribution is -0.143. The van der Waals surface area contributed by atoms with E-state index in [0.717, 1.165) is 28.4 Å². The van der Waals surface area contributed by atoms with Crippen molar-refractivity contribution in [1.29, 1.82) is 0 Å². The van der Waals surface area contributed by atoms with Crippen LogP contribution in [0.15, 0.2) is 18.2 Å². The largest absolute Gasteiger partial charge is 0.433 e. The van der Waals surface area contributed by atoms with Crippen LogP contribution in [0.3, 0.4) is 0 Å². The summed E-state index contributed by atoms with van der Waals surface area (Å²) in [4.78, 5) is 19.1. The van der Waals surface area contributed by atoms with Gasteiger partial charge in [-0.2, -0.15) is 23.4 Å². The summed E-state index contributed by atoms with van der Waals surface area (Å²) in [5, 5.41) is 8.64. The highest BCUT2D eigenvalue weighted by atomic mass is 19.4. The van der Waals surface area contributed by atoms with Crippen LogP contribution in [0, 0.1) is 26.7 Å². The van der Waals surface area contributed by atoms with Gasteiger partial charge in [-0.25, -0.2) is 9.50 Å². The molecule has 2 atom stereocenters. The van der Waals surface area contributed by atoms with Gasteiger partial charge in [0.15, 0.2) is 5.65 Å². The third kappa shape index (κ3) is 4.03. The average molecular weight is 434 g/mol. The van der Waals surface area contributed by atoms with Gasteiger partial charge in [0.05, 0.1) is 29.9 Å². The number of amides is 1. The molecule has 10 heteroatoms. The van der Waals surface area contributed by atoms with Gasteiger partial charge in [0.25, 0.3) is 0 Å². The third-order valence-corrected chi connectivity index (χ3v) is 5.71. The molecule has 0 spiro atoms. The Morgan fingerprint density at radius 3 is 2.55 bits per heavy atom. The van der Waals surface area contributed by atoms with E-state index in [1.807, 2.05) is 31.5 Å². The van der Waals surface area contributed by atoms with Crippen LogP contribution in [0.2, 0.25) is 0 Å². The first-order valence-corrected chi connectivity index (χ1v) is 10.3. The molecule has 0 radical (unpaired) electrons. The first-order valence-electron chi connectivity index (χ1n) is 10.3. The zero-order valence-corrected chi connectivity index (χ0v) is 17.9. The molecular weight excluding hydrogens is 409 g/mol. The highest BCUT2D eigenvalue weighted by Crippen LogP contribution is 2.35. The van der Waals surface area contributed by atoms with Crippen LogP contribution < -0.4 is 0 Å². The summed E-state index contributed by atoms with van der Waals surface area (Å²) in [5.74, 6) is -0.367. The van der Waals surface area contributed by atoms with Gasteiger partial charge in [0.2, 0.25) is 5.91 Å². The van der Waals surface area contributed by atoms with Gasteiger partial charge in [-0.05, 0) is 45.7 Å². The van der Waals surface area contributed by atoms with Gasteiger partial charge < -0.3 is 4.90 Å². The van der Waals surface area contributed by atoms with Crippen LogP contribution in [-0.2, 0) is 17.5 Å². The van der Waals surface area contributed by atoms with Crippen LogP contribution >= 0.6 is 0 Å². The molecule has 0 bridgehead atoms. The summed E-state index contributed by atoms with van der Waals surface area (Å²) in [6.07, 6.45) is -3.12. The molecule has 0 N–H and O–H groups in total. The summed E-state index contributed by atoms with van der Waals surface area (Å²) >= 11 is 0. The maximum absolute atomic E-state index is 13.5. The van der Waals surface area contributed by atoms with Crippen molar-refractivity contribution in [1.82, 2.24) is 29.3 Å². The Kier molecular flexibility index (Phi) is 5.26. The predicted molar refractivity (Wildman–Crippen MR) is 107 cm³/mol. The van der Waals surface area contributed by atoms with Crippen molar-refractivity contribution in [2.75, 3.05) is 6.54 Å². The Morgan fingerprint density at radius 1 is 1.16 bits per heavy atom. The minimum atomic E-state index is -4.55. The molecule has 3 aromatic rings. The van der Waals surface area contributed by atoms with Crippen molar-refractivity contribution in [2.45, 2.75) is 59.3 Å². The van der Waals surface area contributed by atoms with E-state index in [1.165, 1.54) is 6.92 Å². The molecule has 1 saturated heterocycles. The molecule has 166 valence electrons. The normalized spacial score (nSPS) is 18.2. The quantitative estimate of drug-likeness (QED) is 0.625. The van der Waals surface area contributed by atoms with E-state index < -0.39 is 11.9 Å². The van der Waals surface area contributed by atoms with E-state index in [-0.39, 0.29) is 29.2 Å². The molecule has 0 aromatic carbocycles. The fourth-order valence-electron chi connectivity index (χ4n) is 4.30. The van der Waals surface area contributed by atoms with Crippen LogP contribution in [0.4, 0.5) is 13.2 Å². The summed E-state index contributed by atoms with van der Waals surface area (Å²) in [5.41, 5.74) is 1.85. The Hall–Kier alpha value is -2.91. The Balaban J connectivity index is 1.61. The number of hydrogen-bond donors (Lipinski definition) is 0. The number of alkyl halides is 3. The van der Waals surface area contributed by atoms with Crippen LogP contribution in [0.25, 0.3) is 5.65 Å². The zero-order chi connectivity index (χ0) is 22.5. The van der Waals surface area contributed by atoms with E-state index in [1.54, 1.807) is 11.0 Å². The summed E-state index contributed by atoms with van der Waals surface area (Å²) in [7, 11) is 0. The van der Waals surface area contributed by atoms with E-state index in [4.69, 9.17) is 0 Å². The Morgan fingerprint density at radius 2 is 1.90 bits per heavy atom. The van der Waals surface area contributed by atoms with Crippen molar-refractivity contribution in [3.05, 3.63) is 46.7 Å². The number of halogens is 3. The lowest BCUT2D eigenvalue weighted by Gasteiger charge is -2.26. The highest BCUT2D eigenvalue weighted by molar-refractivity contribution is 5.79. The molecule has 1 aliphatic rings. The number of nitrogens with zero attached hydrogens (tertiary/aromatic N) is 6. The average Bonchev–Trinajstić information content (AvgIpc) is 3.37. The van der Waals surface area contributed by atoms with E-state index >= 15 is 0 Å². The molecule has 0 saturated carbocycles. The lowest BCUT2D eigenvalue weighted by Crippen LogP contribution is -2.36. The molecule has 1 fully saturated rings. The maximum Gasteiger partial charge on any atom is 0.433 e. The Labute approximate surface area is 177 Å². The number of aromatic nitrogens is 5. The molecule has 0 aliphatic carbocycles. The highest BCUT2D eigenvalue weighted by Gasteiger charge is 2.37. The number of carbonyl (C=O) groups excluding carboxylic acids is 1. The van der Waals surface area contributed by atoms with Crippen molar-refractivity contribution in [3.8, 4) is 0 Å². The number of rotatable bonds is 4. The van der Waals surface area contributed by atoms with E-state index in [2.05, 4.69) is 15.2 Å². The number of hydrogen-bond acceptors (Lipinski definition) is 4. The minimum Gasteiger partial charge on any atom is -0.334 e. The van der Waals surface area contributed by atoms with Crippen LogP contribution in [-0.4, -0.2) is 41.7 Å². The number of likely N-dealkylation sites (tertiary alicyclic amines) is 1. The molecule has 4 heterocycles. The first-order chi connectivity index (χ1) is 14.5. The van der Waals surface area contributed by atoms with Crippen molar-refractivity contribution >= 4 is 11.6 Å². The van der Waals surface area contributed by atoms with Gasteiger partial charge in [-0.1, -0.05) is 6.92 Å². The lowest BCUT2D eigenvalue weighted by atomic mass is 10.1. The first kappa shape index (κ1) is 21.3. The smallest absolute Gasteiger partial charge is 0.334 e. The van der Waals surface area contributed by atoms with E-state index in [0.29, 0.717) is 25.2 Å². The van der Waals surface area contributed by atoms with E-state index in [9.17, 15) is 18.0 Å². The van der Waals surface area contributed by atoms with Crippen molar-refractivity contribution in [2.24, 2.45) is 5.92 Å². The Bertz CT molecular complexity index is 1130. The molecule has 1 amide bonds.